The number of nitrogens with one attached hydrogen (secondary N) is 1. The van der Waals surface area contributed by atoms with Gasteiger partial charge >= 0.3 is 24.3 Å². The van der Waals surface area contributed by atoms with E-state index >= 15 is 0 Å². The zero-order chi connectivity index (χ0) is 28.6. The number of thiophene rings is 1. The lowest BCUT2D eigenvalue weighted by molar-refractivity contribution is -0.193. The number of aromatic nitrogens is 2. The van der Waals surface area contributed by atoms with Crippen LogP contribution in [0.25, 0.3) is 0 Å². The standard InChI is InChI=1S/C18H24N4OS.2C2HF3O2/c1-14-3-4-17(21-20-14)19-16-9-18(23-11-16)6-2-7-22(13-18)10-15-5-8-24-12-15;2*3-2(4,5)1(6)7/h3-5,8,12,16H,2,6-7,9-11,13H2,1H3,(H,19,21);2*(H,6,7). The molecule has 0 amide bonds. The molecule has 4 heterocycles. The SMILES string of the molecule is Cc1ccc(NC2COC3(CCCN(Cc4ccsc4)C3)C2)nn1.O=C(O)C(F)(F)F.O=C(O)C(F)(F)F. The number of carboxylic acids is 2. The summed E-state index contributed by atoms with van der Waals surface area (Å²) in [6.45, 7) is 5.94. The zero-order valence-corrected chi connectivity index (χ0v) is 20.9. The van der Waals surface area contributed by atoms with E-state index in [1.165, 1.54) is 18.5 Å². The monoisotopic (exact) mass is 572 g/mol. The third-order valence-corrected chi connectivity index (χ3v) is 6.18. The molecular formula is C22H26F6N4O5S. The molecule has 3 N–H and O–H groups in total. The molecule has 2 aromatic heterocycles. The molecule has 0 aliphatic carbocycles. The van der Waals surface area contributed by atoms with Gasteiger partial charge in [0.25, 0.3) is 0 Å². The van der Waals surface area contributed by atoms with Crippen LogP contribution in [-0.2, 0) is 20.9 Å². The molecule has 2 aliphatic heterocycles. The minimum Gasteiger partial charge on any atom is -0.475 e. The van der Waals surface area contributed by atoms with Gasteiger partial charge in [0, 0.05) is 19.5 Å². The second-order valence-electron chi connectivity index (χ2n) is 8.65. The van der Waals surface area contributed by atoms with Gasteiger partial charge in [-0.15, -0.1) is 5.10 Å². The number of alkyl halides is 6. The molecule has 0 aromatic carbocycles. The molecule has 16 heteroatoms. The number of likely N-dealkylation sites (tertiary alicyclic amines) is 1. The van der Waals surface area contributed by atoms with Crippen LogP contribution in [-0.4, -0.2) is 80.9 Å². The van der Waals surface area contributed by atoms with Crippen LogP contribution >= 0.6 is 11.3 Å². The number of carboxylic acid groups (broad SMARTS) is 2. The molecule has 2 atom stereocenters. The highest BCUT2D eigenvalue weighted by Crippen LogP contribution is 2.36. The molecular weight excluding hydrogens is 546 g/mol. The second kappa shape index (κ2) is 13.2. The Hall–Kier alpha value is -2.98. The van der Waals surface area contributed by atoms with Gasteiger partial charge in [0.2, 0.25) is 0 Å². The summed E-state index contributed by atoms with van der Waals surface area (Å²) in [5, 5.41) is 30.5. The first kappa shape index (κ1) is 31.2. The highest BCUT2D eigenvalue weighted by atomic mass is 32.1. The van der Waals surface area contributed by atoms with E-state index in [2.05, 4.69) is 37.2 Å². The Morgan fingerprint density at radius 3 is 2.26 bits per heavy atom. The molecule has 212 valence electrons. The van der Waals surface area contributed by atoms with Crippen molar-refractivity contribution in [3.63, 3.8) is 0 Å². The van der Waals surface area contributed by atoms with E-state index < -0.39 is 24.3 Å². The van der Waals surface area contributed by atoms with Gasteiger partial charge in [-0.2, -0.15) is 42.8 Å². The van der Waals surface area contributed by atoms with Crippen molar-refractivity contribution < 1.29 is 50.9 Å². The van der Waals surface area contributed by atoms with Crippen molar-refractivity contribution in [2.45, 2.75) is 56.7 Å². The van der Waals surface area contributed by atoms with Gasteiger partial charge in [-0.1, -0.05) is 0 Å². The summed E-state index contributed by atoms with van der Waals surface area (Å²) in [6, 6.07) is 6.53. The van der Waals surface area contributed by atoms with E-state index in [1.807, 2.05) is 19.1 Å². The lowest BCUT2D eigenvalue weighted by Gasteiger charge is -2.39. The van der Waals surface area contributed by atoms with E-state index in [4.69, 9.17) is 24.5 Å². The number of nitrogens with zero attached hydrogens (tertiary/aromatic N) is 3. The van der Waals surface area contributed by atoms with Gasteiger partial charge < -0.3 is 20.3 Å². The van der Waals surface area contributed by atoms with Gasteiger partial charge in [0.05, 0.1) is 23.9 Å². The first-order valence-electron chi connectivity index (χ1n) is 11.1. The topological polar surface area (TPSA) is 125 Å². The van der Waals surface area contributed by atoms with Crippen LogP contribution in [0, 0.1) is 6.92 Å². The van der Waals surface area contributed by atoms with Crippen molar-refractivity contribution >= 4 is 29.1 Å². The zero-order valence-electron chi connectivity index (χ0n) is 20.1. The molecule has 0 bridgehead atoms. The van der Waals surface area contributed by atoms with E-state index in [0.717, 1.165) is 44.0 Å². The third kappa shape index (κ3) is 10.4. The number of aryl methyl sites for hydroxylation is 1. The number of carbonyl (C=O) groups is 2. The van der Waals surface area contributed by atoms with Crippen molar-refractivity contribution in [1.82, 2.24) is 15.1 Å². The summed E-state index contributed by atoms with van der Waals surface area (Å²) in [6.07, 6.45) is -6.76. The molecule has 2 aromatic rings. The van der Waals surface area contributed by atoms with Crippen LogP contribution < -0.4 is 5.32 Å². The van der Waals surface area contributed by atoms with E-state index in [0.29, 0.717) is 6.04 Å². The van der Waals surface area contributed by atoms with Crippen molar-refractivity contribution in [3.8, 4) is 0 Å². The highest BCUT2D eigenvalue weighted by molar-refractivity contribution is 7.07. The fraction of sp³-hybridized carbons (Fsp3) is 0.545. The largest absolute Gasteiger partial charge is 0.490 e. The summed E-state index contributed by atoms with van der Waals surface area (Å²) in [5.74, 6) is -4.67. The number of aliphatic carboxylic acids is 2. The molecule has 2 aliphatic rings. The number of anilines is 1. The smallest absolute Gasteiger partial charge is 0.475 e. The van der Waals surface area contributed by atoms with Gasteiger partial charge in [0.1, 0.15) is 5.82 Å². The number of piperidine rings is 1. The molecule has 2 unspecified atom stereocenters. The van der Waals surface area contributed by atoms with Gasteiger partial charge in [-0.05, 0) is 60.8 Å². The molecule has 1 spiro atoms. The molecule has 2 fully saturated rings. The molecule has 0 radical (unpaired) electrons. The second-order valence-corrected chi connectivity index (χ2v) is 9.43. The fourth-order valence-electron chi connectivity index (χ4n) is 3.87. The summed E-state index contributed by atoms with van der Waals surface area (Å²) in [4.78, 5) is 20.3. The van der Waals surface area contributed by atoms with Gasteiger partial charge in [0.15, 0.2) is 0 Å². The Balaban J connectivity index is 0.000000301. The van der Waals surface area contributed by atoms with Crippen LogP contribution in [0.3, 0.4) is 0 Å². The number of hydrogen-bond donors (Lipinski definition) is 3. The lowest BCUT2D eigenvalue weighted by atomic mass is 9.88. The Bertz CT molecular complexity index is 1010. The third-order valence-electron chi connectivity index (χ3n) is 5.45. The fourth-order valence-corrected chi connectivity index (χ4v) is 4.53. The van der Waals surface area contributed by atoms with Crippen LogP contribution in [0.2, 0.25) is 0 Å². The van der Waals surface area contributed by atoms with Gasteiger partial charge in [-0.25, -0.2) is 9.59 Å². The minimum absolute atomic E-state index is 0.00403. The summed E-state index contributed by atoms with van der Waals surface area (Å²) in [7, 11) is 0. The van der Waals surface area contributed by atoms with E-state index in [-0.39, 0.29) is 5.60 Å². The average molecular weight is 573 g/mol. The summed E-state index contributed by atoms with van der Waals surface area (Å²) >= 11 is 1.77. The van der Waals surface area contributed by atoms with Crippen LogP contribution in [0.15, 0.2) is 29.0 Å². The summed E-state index contributed by atoms with van der Waals surface area (Å²) < 4.78 is 69.8. The highest BCUT2D eigenvalue weighted by Gasteiger charge is 2.43. The maximum atomic E-state index is 10.6. The van der Waals surface area contributed by atoms with Crippen molar-refractivity contribution in [2.24, 2.45) is 0 Å². The van der Waals surface area contributed by atoms with Gasteiger partial charge in [-0.3, -0.25) is 4.90 Å². The first-order chi connectivity index (χ1) is 17.6. The predicted molar refractivity (Wildman–Crippen MR) is 124 cm³/mol. The average Bonchev–Trinajstić information content (AvgIpc) is 3.45. The molecule has 2 saturated heterocycles. The van der Waals surface area contributed by atoms with Crippen molar-refractivity contribution in [3.05, 3.63) is 40.2 Å². The summed E-state index contributed by atoms with van der Waals surface area (Å²) in [5.41, 5.74) is 2.36. The number of halogens is 6. The van der Waals surface area contributed by atoms with E-state index in [9.17, 15) is 26.3 Å². The number of hydrogen-bond acceptors (Lipinski definition) is 8. The Morgan fingerprint density at radius 1 is 1.13 bits per heavy atom. The quantitative estimate of drug-likeness (QED) is 0.459. The van der Waals surface area contributed by atoms with E-state index in [1.54, 1.807) is 11.3 Å². The number of ether oxygens (including phenoxy) is 1. The van der Waals surface area contributed by atoms with Crippen LogP contribution in [0.4, 0.5) is 32.2 Å². The Kier molecular flexibility index (Phi) is 10.8. The maximum Gasteiger partial charge on any atom is 0.490 e. The van der Waals surface area contributed by atoms with Crippen LogP contribution in [0.1, 0.15) is 30.5 Å². The maximum absolute atomic E-state index is 10.6. The molecule has 0 saturated carbocycles. The molecule has 4 rings (SSSR count). The molecule has 38 heavy (non-hydrogen) atoms. The predicted octanol–water partition coefficient (Wildman–Crippen LogP) is 4.35. The Morgan fingerprint density at radius 2 is 1.76 bits per heavy atom. The Labute approximate surface area is 217 Å². The minimum atomic E-state index is -5.08. The number of rotatable bonds is 4. The molecule has 9 nitrogen and oxygen atoms in total. The van der Waals surface area contributed by atoms with Crippen LogP contribution in [0.5, 0.6) is 0 Å². The van der Waals surface area contributed by atoms with Crippen molar-refractivity contribution in [1.29, 1.82) is 0 Å². The first-order valence-corrected chi connectivity index (χ1v) is 12.1. The normalized spacial score (nSPS) is 21.6. The lowest BCUT2D eigenvalue weighted by Crippen LogP contribution is -2.47. The van der Waals surface area contributed by atoms with Crippen molar-refractivity contribution in [2.75, 3.05) is 25.0 Å².